The van der Waals surface area contributed by atoms with Crippen molar-refractivity contribution < 1.29 is 13.9 Å². The Labute approximate surface area is 154 Å². The number of aryl methyl sites for hydroxylation is 3. The van der Waals surface area contributed by atoms with Crippen LogP contribution in [0, 0.1) is 18.3 Å². The zero-order valence-corrected chi connectivity index (χ0v) is 15.6. The first-order valence-corrected chi connectivity index (χ1v) is 8.99. The predicted molar refractivity (Wildman–Crippen MR) is 98.8 cm³/mol. The molecule has 1 aromatic carbocycles. The molecule has 0 aliphatic carbocycles. The van der Waals surface area contributed by atoms with E-state index in [2.05, 4.69) is 17.1 Å². The Morgan fingerprint density at radius 3 is 2.81 bits per heavy atom. The molecule has 0 saturated carbocycles. The second-order valence-corrected chi connectivity index (χ2v) is 6.52. The molecule has 26 heavy (non-hydrogen) atoms. The van der Waals surface area contributed by atoms with Gasteiger partial charge in [-0.25, -0.2) is 4.98 Å². The van der Waals surface area contributed by atoms with Gasteiger partial charge >= 0.3 is 0 Å². The zero-order valence-electron chi connectivity index (χ0n) is 15.6. The van der Waals surface area contributed by atoms with Gasteiger partial charge in [-0.2, -0.15) is 5.26 Å². The highest BCUT2D eigenvalue weighted by atomic mass is 16.5. The molecule has 2 heterocycles. The Hall–Kier alpha value is -2.68. The van der Waals surface area contributed by atoms with Crippen LogP contribution in [0.2, 0.25) is 0 Å². The maximum absolute atomic E-state index is 9.27. The van der Waals surface area contributed by atoms with Crippen molar-refractivity contribution in [2.75, 3.05) is 25.7 Å². The number of methoxy groups -OCH3 is 2. The topological polar surface area (TPSA) is 71.5 Å². The summed E-state index contributed by atoms with van der Waals surface area (Å²) < 4.78 is 16.6. The van der Waals surface area contributed by atoms with Crippen molar-refractivity contribution in [1.29, 1.82) is 5.26 Å². The van der Waals surface area contributed by atoms with E-state index in [0.29, 0.717) is 0 Å². The zero-order chi connectivity index (χ0) is 18.5. The largest absolute Gasteiger partial charge is 0.493 e. The van der Waals surface area contributed by atoms with Crippen LogP contribution in [0.3, 0.4) is 0 Å². The molecule has 1 aliphatic heterocycles. The summed E-state index contributed by atoms with van der Waals surface area (Å²) in [5.41, 5.74) is 2.06. The van der Waals surface area contributed by atoms with Gasteiger partial charge in [-0.3, -0.25) is 0 Å². The third-order valence-electron chi connectivity index (χ3n) is 4.78. The first kappa shape index (κ1) is 18.1. The van der Waals surface area contributed by atoms with Crippen LogP contribution >= 0.6 is 0 Å². The third kappa shape index (κ3) is 3.77. The van der Waals surface area contributed by atoms with E-state index in [4.69, 9.17) is 13.9 Å². The lowest BCUT2D eigenvalue weighted by atomic mass is 10.1. The van der Waals surface area contributed by atoms with Gasteiger partial charge in [-0.1, -0.05) is 6.07 Å². The minimum atomic E-state index is -0.0961. The van der Waals surface area contributed by atoms with Gasteiger partial charge in [0.2, 0.25) is 5.88 Å². The predicted octanol–water partition coefficient (Wildman–Crippen LogP) is 3.67. The minimum Gasteiger partial charge on any atom is -0.493 e. The molecule has 3 rings (SSSR count). The highest BCUT2D eigenvalue weighted by Gasteiger charge is 2.28. The number of nitrogens with zero attached hydrogens (tertiary/aromatic N) is 3. The summed E-state index contributed by atoms with van der Waals surface area (Å²) >= 11 is 0. The second kappa shape index (κ2) is 8.13. The number of rotatable bonds is 7. The molecule has 1 saturated heterocycles. The van der Waals surface area contributed by atoms with Gasteiger partial charge in [0, 0.05) is 13.0 Å². The molecule has 0 spiro atoms. The molecular formula is C20H25N3O3. The normalized spacial score (nSPS) is 16.5. The van der Waals surface area contributed by atoms with Gasteiger partial charge in [-0.05, 0) is 50.3 Å². The van der Waals surface area contributed by atoms with E-state index in [1.165, 1.54) is 5.56 Å². The maximum atomic E-state index is 9.27. The second-order valence-electron chi connectivity index (χ2n) is 6.52. The molecule has 1 aliphatic rings. The van der Waals surface area contributed by atoms with Crippen molar-refractivity contribution in [1.82, 2.24) is 4.98 Å². The van der Waals surface area contributed by atoms with E-state index >= 15 is 0 Å². The van der Waals surface area contributed by atoms with Gasteiger partial charge in [-0.15, -0.1) is 0 Å². The van der Waals surface area contributed by atoms with E-state index in [9.17, 15) is 5.26 Å². The lowest BCUT2D eigenvalue weighted by molar-refractivity contribution is 0.354. The molecule has 6 heteroatoms. The standard InChI is InChI=1S/C20H25N3O3/c1-14-20(23-11-5-7-16(23)13-21)26-19(22-14)8-4-6-15-9-10-17(24-2)18(12-15)25-3/h9-10,12,16H,4-8,11H2,1-3H3/t16-/m0/s1. The van der Waals surface area contributed by atoms with Gasteiger partial charge in [0.05, 0.1) is 20.3 Å². The van der Waals surface area contributed by atoms with E-state index in [0.717, 1.165) is 67.6 Å². The molecule has 138 valence electrons. The van der Waals surface area contributed by atoms with Gasteiger partial charge in [0.15, 0.2) is 17.4 Å². The molecule has 2 aromatic rings. The number of oxazole rings is 1. The molecule has 0 unspecified atom stereocenters. The van der Waals surface area contributed by atoms with Crippen LogP contribution in [0.4, 0.5) is 5.88 Å². The lowest BCUT2D eigenvalue weighted by Crippen LogP contribution is -2.27. The number of hydrogen-bond donors (Lipinski definition) is 0. The van der Waals surface area contributed by atoms with Crippen LogP contribution in [-0.2, 0) is 12.8 Å². The highest BCUT2D eigenvalue weighted by molar-refractivity contribution is 5.45. The van der Waals surface area contributed by atoms with Crippen LogP contribution in [0.15, 0.2) is 22.6 Å². The van der Waals surface area contributed by atoms with Crippen LogP contribution in [0.25, 0.3) is 0 Å². The fraction of sp³-hybridized carbons (Fsp3) is 0.500. The monoisotopic (exact) mass is 355 g/mol. The number of ether oxygens (including phenoxy) is 2. The summed E-state index contributed by atoms with van der Waals surface area (Å²) in [5, 5.41) is 9.27. The van der Waals surface area contributed by atoms with E-state index < -0.39 is 0 Å². The number of nitriles is 1. The molecule has 0 N–H and O–H groups in total. The van der Waals surface area contributed by atoms with E-state index in [1.54, 1.807) is 14.2 Å². The summed E-state index contributed by atoms with van der Waals surface area (Å²) in [4.78, 5) is 6.60. The summed E-state index contributed by atoms with van der Waals surface area (Å²) in [6, 6.07) is 8.24. The number of anilines is 1. The van der Waals surface area contributed by atoms with Crippen molar-refractivity contribution in [3.8, 4) is 17.6 Å². The van der Waals surface area contributed by atoms with Crippen molar-refractivity contribution in [2.24, 2.45) is 0 Å². The molecule has 0 amide bonds. The van der Waals surface area contributed by atoms with Gasteiger partial charge in [0.25, 0.3) is 0 Å². The Kier molecular flexibility index (Phi) is 5.67. The Morgan fingerprint density at radius 2 is 2.08 bits per heavy atom. The highest BCUT2D eigenvalue weighted by Crippen LogP contribution is 2.30. The Balaban J connectivity index is 1.61. The molecular weight excluding hydrogens is 330 g/mol. The SMILES string of the molecule is COc1ccc(CCCc2nc(C)c(N3CCC[C@H]3C#N)o2)cc1OC. The molecule has 1 aromatic heterocycles. The average Bonchev–Trinajstić information content (AvgIpc) is 3.27. The number of aromatic nitrogens is 1. The van der Waals surface area contributed by atoms with E-state index in [-0.39, 0.29) is 6.04 Å². The summed E-state index contributed by atoms with van der Waals surface area (Å²) in [5.74, 6) is 2.98. The molecule has 1 fully saturated rings. The third-order valence-corrected chi connectivity index (χ3v) is 4.78. The van der Waals surface area contributed by atoms with Crippen LogP contribution in [0.5, 0.6) is 11.5 Å². The maximum Gasteiger partial charge on any atom is 0.220 e. The number of hydrogen-bond acceptors (Lipinski definition) is 6. The van der Waals surface area contributed by atoms with Crippen molar-refractivity contribution in [2.45, 2.75) is 45.1 Å². The van der Waals surface area contributed by atoms with Crippen LogP contribution in [-0.4, -0.2) is 31.8 Å². The quantitative estimate of drug-likeness (QED) is 0.755. The first-order valence-electron chi connectivity index (χ1n) is 8.99. The number of benzene rings is 1. The summed E-state index contributed by atoms with van der Waals surface area (Å²) in [7, 11) is 3.28. The molecule has 6 nitrogen and oxygen atoms in total. The van der Waals surface area contributed by atoms with Crippen molar-refractivity contribution >= 4 is 5.88 Å². The smallest absolute Gasteiger partial charge is 0.220 e. The minimum absolute atomic E-state index is 0.0961. The Morgan fingerprint density at radius 1 is 1.27 bits per heavy atom. The average molecular weight is 355 g/mol. The summed E-state index contributed by atoms with van der Waals surface area (Å²) in [6.45, 7) is 2.81. The Bertz CT molecular complexity index is 794. The molecule has 0 bridgehead atoms. The molecule has 0 radical (unpaired) electrons. The fourth-order valence-corrected chi connectivity index (χ4v) is 3.44. The van der Waals surface area contributed by atoms with Gasteiger partial charge in [0.1, 0.15) is 11.7 Å². The first-order chi connectivity index (χ1) is 12.7. The molecule has 1 atom stereocenters. The summed E-state index contributed by atoms with van der Waals surface area (Å²) in [6.07, 6.45) is 4.51. The van der Waals surface area contributed by atoms with Crippen molar-refractivity contribution in [3.05, 3.63) is 35.3 Å². The van der Waals surface area contributed by atoms with Gasteiger partial charge < -0.3 is 18.8 Å². The lowest BCUT2D eigenvalue weighted by Gasteiger charge is -2.18. The van der Waals surface area contributed by atoms with E-state index in [1.807, 2.05) is 24.0 Å². The van der Waals surface area contributed by atoms with Crippen LogP contribution in [0.1, 0.15) is 36.4 Å². The van der Waals surface area contributed by atoms with Crippen LogP contribution < -0.4 is 14.4 Å². The van der Waals surface area contributed by atoms with Crippen molar-refractivity contribution in [3.63, 3.8) is 0 Å². The fourth-order valence-electron chi connectivity index (χ4n) is 3.44.